The van der Waals surface area contributed by atoms with Gasteiger partial charge < -0.3 is 24.4 Å². The van der Waals surface area contributed by atoms with Gasteiger partial charge >= 0.3 is 6.09 Å². The van der Waals surface area contributed by atoms with Crippen LogP contribution in [0.25, 0.3) is 32.2 Å². The maximum atomic E-state index is 16.8. The molecule has 5 heterocycles. The van der Waals surface area contributed by atoms with Gasteiger partial charge in [-0.15, -0.1) is 11.3 Å². The Balaban J connectivity index is 1.52. The summed E-state index contributed by atoms with van der Waals surface area (Å²) in [6, 6.07) is 2.11. The normalized spacial score (nSPS) is 18.3. The zero-order valence-corrected chi connectivity index (χ0v) is 25.7. The second-order valence-corrected chi connectivity index (χ2v) is 13.2. The molecule has 6 rings (SSSR count). The summed E-state index contributed by atoms with van der Waals surface area (Å²) in [5.41, 5.74) is 0.475. The number of nitrogens with zero attached hydrogens (tertiary/aromatic N) is 6. The third kappa shape index (κ3) is 5.09. The van der Waals surface area contributed by atoms with Crippen LogP contribution in [0.5, 0.6) is 0 Å². The number of likely N-dealkylation sites (N-methyl/N-ethyl adjacent to an activating group) is 1. The molecule has 0 bridgehead atoms. The third-order valence-electron chi connectivity index (χ3n) is 7.91. The first-order valence-corrected chi connectivity index (χ1v) is 14.8. The molecular weight excluding hydrogens is 592 g/mol. The van der Waals surface area contributed by atoms with Crippen LogP contribution in [0.1, 0.15) is 37.5 Å². The number of aliphatic hydroxyl groups is 1. The Bertz CT molecular complexity index is 1850. The number of amides is 1. The smallest absolute Gasteiger partial charge is 0.412 e. The van der Waals surface area contributed by atoms with Gasteiger partial charge in [-0.2, -0.15) is 5.26 Å². The number of nitrogens with one attached hydrogen (secondary N) is 1. The van der Waals surface area contributed by atoms with E-state index in [-0.39, 0.29) is 69.2 Å². The molecule has 1 amide bonds. The lowest BCUT2D eigenvalue weighted by Crippen LogP contribution is -2.36. The van der Waals surface area contributed by atoms with E-state index in [0.717, 1.165) is 17.5 Å². The fourth-order valence-corrected chi connectivity index (χ4v) is 6.97. The summed E-state index contributed by atoms with van der Waals surface area (Å²) in [4.78, 5) is 30.0. The Morgan fingerprint density at radius 3 is 2.66 bits per heavy atom. The molecule has 4 aromatic rings. The summed E-state index contributed by atoms with van der Waals surface area (Å²) in [6.07, 6.45) is 1.74. The van der Waals surface area contributed by atoms with E-state index in [1.165, 1.54) is 0 Å². The van der Waals surface area contributed by atoms with E-state index in [0.29, 0.717) is 35.6 Å². The molecule has 0 radical (unpaired) electrons. The predicted molar refractivity (Wildman–Crippen MR) is 161 cm³/mol. The van der Waals surface area contributed by atoms with Gasteiger partial charge in [0.15, 0.2) is 11.6 Å². The van der Waals surface area contributed by atoms with Gasteiger partial charge in [0.05, 0.1) is 35.4 Å². The van der Waals surface area contributed by atoms with E-state index in [1.807, 2.05) is 30.0 Å². The number of rotatable bonds is 5. The maximum absolute atomic E-state index is 16.8. The van der Waals surface area contributed by atoms with Crippen LogP contribution in [-0.4, -0.2) is 76.5 Å². The number of aromatic nitrogens is 3. The van der Waals surface area contributed by atoms with E-state index in [1.54, 1.807) is 27.0 Å². The van der Waals surface area contributed by atoms with Crippen LogP contribution in [0.15, 0.2) is 12.4 Å². The van der Waals surface area contributed by atoms with Gasteiger partial charge in [0.2, 0.25) is 5.95 Å². The summed E-state index contributed by atoms with van der Waals surface area (Å²) < 4.78 is 43.0. The fraction of sp³-hybridized carbons (Fsp3) is 0.433. The maximum Gasteiger partial charge on any atom is 0.412 e. The SMILES string of the molecule is CN(C)[C@@H]1CN(c2ncc3c4c(c(-c5ncc(F)c6sc(NC(=O)OC(C)(C)C)c(C#N)c56)c(F)c3n2)COC4)C[C@H]1CO. The number of hydrogen-bond donors (Lipinski definition) is 2. The van der Waals surface area contributed by atoms with Gasteiger partial charge in [0.25, 0.3) is 0 Å². The number of thiophene rings is 1. The molecule has 2 aliphatic rings. The molecule has 1 saturated heterocycles. The van der Waals surface area contributed by atoms with Crippen LogP contribution >= 0.6 is 11.3 Å². The lowest BCUT2D eigenvalue weighted by molar-refractivity contribution is 0.0636. The van der Waals surface area contributed by atoms with Crippen molar-refractivity contribution >= 4 is 49.4 Å². The van der Waals surface area contributed by atoms with Crippen molar-refractivity contribution in [2.75, 3.05) is 44.0 Å². The van der Waals surface area contributed by atoms with Crippen molar-refractivity contribution in [3.63, 3.8) is 0 Å². The zero-order chi connectivity index (χ0) is 31.5. The third-order valence-corrected chi connectivity index (χ3v) is 9.02. The minimum atomic E-state index is -0.812. The van der Waals surface area contributed by atoms with Crippen LogP contribution < -0.4 is 10.2 Å². The number of nitriles is 1. The number of carbonyl (C=O) groups excluding carboxylic acids is 1. The molecule has 1 aromatic carbocycles. The van der Waals surface area contributed by atoms with E-state index >= 15 is 8.78 Å². The van der Waals surface area contributed by atoms with Crippen molar-refractivity contribution in [1.29, 1.82) is 5.26 Å². The molecule has 14 heteroatoms. The lowest BCUT2D eigenvalue weighted by Gasteiger charge is -2.23. The average molecular weight is 624 g/mol. The molecule has 0 aliphatic carbocycles. The van der Waals surface area contributed by atoms with E-state index in [4.69, 9.17) is 9.47 Å². The number of fused-ring (bicyclic) bond motifs is 4. The monoisotopic (exact) mass is 623 g/mol. The first kappa shape index (κ1) is 30.0. The highest BCUT2D eigenvalue weighted by molar-refractivity contribution is 7.23. The summed E-state index contributed by atoms with van der Waals surface area (Å²) in [6.45, 7) is 6.39. The van der Waals surface area contributed by atoms with Crippen molar-refractivity contribution < 1.29 is 28.2 Å². The summed E-state index contributed by atoms with van der Waals surface area (Å²) in [5, 5.41) is 23.2. The molecule has 2 aliphatic heterocycles. The zero-order valence-electron chi connectivity index (χ0n) is 24.9. The van der Waals surface area contributed by atoms with Crippen LogP contribution in [0.2, 0.25) is 0 Å². The van der Waals surface area contributed by atoms with Gasteiger partial charge in [-0.25, -0.2) is 23.5 Å². The summed E-state index contributed by atoms with van der Waals surface area (Å²) >= 11 is 0.845. The number of carbonyl (C=O) groups is 1. The molecular formula is C30H31F2N7O4S. The van der Waals surface area contributed by atoms with Crippen LogP contribution in [-0.2, 0) is 22.7 Å². The molecule has 11 nitrogen and oxygen atoms in total. The Morgan fingerprint density at radius 1 is 1.25 bits per heavy atom. The topological polar surface area (TPSA) is 137 Å². The lowest BCUT2D eigenvalue weighted by atomic mass is 9.94. The minimum Gasteiger partial charge on any atom is -0.444 e. The van der Waals surface area contributed by atoms with Crippen molar-refractivity contribution in [3.8, 4) is 17.3 Å². The molecule has 1 fully saturated rings. The molecule has 0 unspecified atom stereocenters. The first-order valence-electron chi connectivity index (χ1n) is 14.0. The van der Waals surface area contributed by atoms with Gasteiger partial charge in [-0.05, 0) is 46.0 Å². The highest BCUT2D eigenvalue weighted by Crippen LogP contribution is 2.46. The van der Waals surface area contributed by atoms with Gasteiger partial charge in [-0.1, -0.05) is 0 Å². The van der Waals surface area contributed by atoms with E-state index in [9.17, 15) is 15.2 Å². The van der Waals surface area contributed by atoms with E-state index < -0.39 is 23.3 Å². The predicted octanol–water partition coefficient (Wildman–Crippen LogP) is 4.79. The van der Waals surface area contributed by atoms with Crippen molar-refractivity contribution in [2.45, 2.75) is 45.6 Å². The number of aliphatic hydroxyl groups excluding tert-OH is 1. The van der Waals surface area contributed by atoms with Crippen molar-refractivity contribution in [2.24, 2.45) is 5.92 Å². The Morgan fingerprint density at radius 2 is 2.00 bits per heavy atom. The highest BCUT2D eigenvalue weighted by Gasteiger charge is 2.36. The minimum absolute atomic E-state index is 0.00480. The fourth-order valence-electron chi connectivity index (χ4n) is 5.94. The molecule has 0 saturated carbocycles. The summed E-state index contributed by atoms with van der Waals surface area (Å²) in [5.74, 6) is -1.13. The molecule has 44 heavy (non-hydrogen) atoms. The van der Waals surface area contributed by atoms with Crippen LogP contribution in [0.4, 0.5) is 24.5 Å². The molecule has 0 spiro atoms. The first-order chi connectivity index (χ1) is 20.9. The molecule has 230 valence electrons. The van der Waals surface area contributed by atoms with E-state index in [2.05, 4.69) is 20.3 Å². The number of anilines is 2. The quantitative estimate of drug-likeness (QED) is 0.319. The number of ether oxygens (including phenoxy) is 2. The molecule has 2 N–H and O–H groups in total. The largest absolute Gasteiger partial charge is 0.444 e. The van der Waals surface area contributed by atoms with Gasteiger partial charge in [-0.3, -0.25) is 10.3 Å². The Labute approximate surface area is 256 Å². The van der Waals surface area contributed by atoms with Crippen molar-refractivity contribution in [3.05, 3.63) is 40.7 Å². The van der Waals surface area contributed by atoms with Crippen molar-refractivity contribution in [1.82, 2.24) is 19.9 Å². The number of hydrogen-bond acceptors (Lipinski definition) is 11. The molecule has 2 atom stereocenters. The van der Waals surface area contributed by atoms with Crippen LogP contribution in [0, 0.1) is 28.9 Å². The van der Waals surface area contributed by atoms with Gasteiger partial charge in [0, 0.05) is 54.2 Å². The second kappa shape index (κ2) is 11.2. The number of benzene rings is 1. The second-order valence-electron chi connectivity index (χ2n) is 12.2. The number of pyridine rings is 1. The molecule has 3 aromatic heterocycles. The standard InChI is InChI=1S/C30H31F2N7O4S/c1-30(2,3)43-29(41)37-27-15(6-33)22-25(34-8-19(31)26(22)44-27)21-18-13-42-12-17(18)16-7-35-28(36-24(16)23(21)32)39-9-14(11-40)20(10-39)38(4)5/h7-8,14,20,40H,9-13H2,1-5H3,(H,37,41)/t14-,20+/m0/s1. The van der Waals surface area contributed by atoms with Gasteiger partial charge in [0.1, 0.15) is 22.2 Å². The Kier molecular flexibility index (Phi) is 7.61. The highest BCUT2D eigenvalue weighted by atomic mass is 32.1. The van der Waals surface area contributed by atoms with Crippen LogP contribution in [0.3, 0.4) is 0 Å². The summed E-state index contributed by atoms with van der Waals surface area (Å²) in [7, 11) is 3.89. The average Bonchev–Trinajstić information content (AvgIpc) is 3.70. The number of halogens is 2. The Hall–Kier alpha value is -4.03.